The van der Waals surface area contributed by atoms with E-state index in [0.717, 1.165) is 34.1 Å². The summed E-state index contributed by atoms with van der Waals surface area (Å²) in [4.78, 5) is 9.03. The zero-order valence-electron chi connectivity index (χ0n) is 21.4. The van der Waals surface area contributed by atoms with Crippen molar-refractivity contribution in [3.05, 3.63) is 102 Å². The summed E-state index contributed by atoms with van der Waals surface area (Å²) < 4.78 is 16.4. The number of nitrogens with one attached hydrogen (secondary N) is 1. The van der Waals surface area contributed by atoms with Crippen LogP contribution in [-0.2, 0) is 6.42 Å². The molecule has 0 aliphatic carbocycles. The van der Waals surface area contributed by atoms with Crippen LogP contribution in [0.4, 0.5) is 11.4 Å². The van der Waals surface area contributed by atoms with E-state index in [9.17, 15) is 5.26 Å². The van der Waals surface area contributed by atoms with Crippen molar-refractivity contribution in [3.63, 3.8) is 0 Å². The Morgan fingerprint density at radius 1 is 0.816 bits per heavy atom. The number of hydrogen-bond donors (Lipinski definition) is 1. The van der Waals surface area contributed by atoms with Crippen LogP contribution < -0.4 is 19.5 Å². The number of benzene rings is 3. The second-order valence-electron chi connectivity index (χ2n) is 8.63. The van der Waals surface area contributed by atoms with E-state index in [0.29, 0.717) is 34.2 Å². The fraction of sp³-hybridized carbons (Fsp3) is 0.129. The summed E-state index contributed by atoms with van der Waals surface area (Å²) in [6.45, 7) is 0. The zero-order chi connectivity index (χ0) is 26.5. The standard InChI is InChI=1S/C31H26N4O3/c1-36-28-16-25(17-29(37-2)31(28)38-3)35-30-23(18-32)19-34-27-15-22(10-11-26(27)30)21-8-6-7-20(13-21)14-24-9-4-5-12-33-24/h4-13,15-17,19H,14H2,1-3H3,(H,34,35). The van der Waals surface area contributed by atoms with Gasteiger partial charge < -0.3 is 19.5 Å². The van der Waals surface area contributed by atoms with Gasteiger partial charge >= 0.3 is 0 Å². The number of hydrogen-bond acceptors (Lipinski definition) is 7. The van der Waals surface area contributed by atoms with E-state index in [1.54, 1.807) is 39.7 Å². The van der Waals surface area contributed by atoms with Crippen LogP contribution in [-0.4, -0.2) is 31.3 Å². The molecule has 0 atom stereocenters. The fourth-order valence-electron chi connectivity index (χ4n) is 4.46. The van der Waals surface area contributed by atoms with E-state index >= 15 is 0 Å². The Balaban J connectivity index is 1.52. The average Bonchev–Trinajstić information content (AvgIpc) is 2.97. The Bertz CT molecular complexity index is 1620. The first kappa shape index (κ1) is 24.6. The van der Waals surface area contributed by atoms with Crippen LogP contribution in [0.25, 0.3) is 22.0 Å². The van der Waals surface area contributed by atoms with Gasteiger partial charge in [0.1, 0.15) is 6.07 Å². The highest BCUT2D eigenvalue weighted by atomic mass is 16.5. The number of aromatic nitrogens is 2. The first-order chi connectivity index (χ1) is 18.6. The summed E-state index contributed by atoms with van der Waals surface area (Å²) >= 11 is 0. The van der Waals surface area contributed by atoms with Crippen molar-refractivity contribution >= 4 is 22.3 Å². The maximum Gasteiger partial charge on any atom is 0.203 e. The average molecular weight is 503 g/mol. The molecule has 0 saturated carbocycles. The molecule has 1 N–H and O–H groups in total. The number of nitriles is 1. The molecule has 5 aromatic rings. The highest BCUT2D eigenvalue weighted by Crippen LogP contribution is 2.41. The summed E-state index contributed by atoms with van der Waals surface area (Å²) in [5, 5.41) is 14.0. The number of methoxy groups -OCH3 is 3. The third-order valence-corrected chi connectivity index (χ3v) is 6.30. The van der Waals surface area contributed by atoms with E-state index < -0.39 is 0 Å². The molecular weight excluding hydrogens is 476 g/mol. The minimum atomic E-state index is 0.427. The Hall–Kier alpha value is -5.09. The van der Waals surface area contributed by atoms with Gasteiger partial charge in [-0.1, -0.05) is 42.5 Å². The van der Waals surface area contributed by atoms with Crippen molar-refractivity contribution in [1.82, 2.24) is 9.97 Å². The highest BCUT2D eigenvalue weighted by molar-refractivity contribution is 5.98. The number of anilines is 2. The molecule has 0 radical (unpaired) electrons. The molecule has 0 saturated heterocycles. The topological polar surface area (TPSA) is 89.3 Å². The lowest BCUT2D eigenvalue weighted by molar-refractivity contribution is 0.324. The van der Waals surface area contributed by atoms with Crippen molar-refractivity contribution in [3.8, 4) is 34.4 Å². The second kappa shape index (κ2) is 10.9. The molecule has 188 valence electrons. The molecule has 7 nitrogen and oxygen atoms in total. The molecule has 0 aliphatic heterocycles. The van der Waals surface area contributed by atoms with Crippen LogP contribution in [0.3, 0.4) is 0 Å². The summed E-state index contributed by atoms with van der Waals surface area (Å²) in [5.74, 6) is 1.52. The Morgan fingerprint density at radius 3 is 2.29 bits per heavy atom. The van der Waals surface area contributed by atoms with E-state index in [1.165, 1.54) is 5.56 Å². The first-order valence-electron chi connectivity index (χ1n) is 12.0. The number of rotatable bonds is 8. The Morgan fingerprint density at radius 2 is 1.61 bits per heavy atom. The largest absolute Gasteiger partial charge is 0.493 e. The van der Waals surface area contributed by atoms with Gasteiger partial charge in [-0.2, -0.15) is 5.26 Å². The van der Waals surface area contributed by atoms with Crippen LogP contribution in [0, 0.1) is 11.3 Å². The quantitative estimate of drug-likeness (QED) is 0.258. The molecule has 0 aliphatic rings. The van der Waals surface area contributed by atoms with Gasteiger partial charge in [-0.05, 0) is 34.9 Å². The maximum absolute atomic E-state index is 9.82. The third kappa shape index (κ3) is 4.93. The van der Waals surface area contributed by atoms with Crippen LogP contribution in [0.2, 0.25) is 0 Å². The number of pyridine rings is 2. The molecule has 5 rings (SSSR count). The minimum Gasteiger partial charge on any atom is -0.493 e. The van der Waals surface area contributed by atoms with Gasteiger partial charge in [0.25, 0.3) is 0 Å². The van der Waals surface area contributed by atoms with Crippen LogP contribution in [0.1, 0.15) is 16.8 Å². The SMILES string of the molecule is COc1cc(Nc2c(C#N)cnc3cc(-c4cccc(Cc5ccccn5)c4)ccc23)cc(OC)c1OC. The smallest absolute Gasteiger partial charge is 0.203 e. The van der Waals surface area contributed by atoms with Crippen molar-refractivity contribution in [2.75, 3.05) is 26.6 Å². The lowest BCUT2D eigenvalue weighted by Gasteiger charge is -2.17. The normalized spacial score (nSPS) is 10.6. The monoisotopic (exact) mass is 502 g/mol. The molecule has 7 heteroatoms. The Labute approximate surface area is 221 Å². The third-order valence-electron chi connectivity index (χ3n) is 6.30. The maximum atomic E-state index is 9.82. The van der Waals surface area contributed by atoms with Gasteiger partial charge in [-0.3, -0.25) is 9.97 Å². The van der Waals surface area contributed by atoms with Gasteiger partial charge in [0.2, 0.25) is 5.75 Å². The fourth-order valence-corrected chi connectivity index (χ4v) is 4.46. The van der Waals surface area contributed by atoms with E-state index in [-0.39, 0.29) is 0 Å². The van der Waals surface area contributed by atoms with Gasteiger partial charge in [0.05, 0.1) is 38.1 Å². The minimum absolute atomic E-state index is 0.427. The van der Waals surface area contributed by atoms with Crippen LogP contribution in [0.5, 0.6) is 17.2 Å². The van der Waals surface area contributed by atoms with Crippen LogP contribution >= 0.6 is 0 Å². The summed E-state index contributed by atoms with van der Waals surface area (Å²) in [7, 11) is 4.69. The number of fused-ring (bicyclic) bond motifs is 1. The lowest BCUT2D eigenvalue weighted by atomic mass is 9.99. The van der Waals surface area contributed by atoms with Gasteiger partial charge in [0.15, 0.2) is 11.5 Å². The molecule has 38 heavy (non-hydrogen) atoms. The molecule has 0 amide bonds. The predicted molar refractivity (Wildman–Crippen MR) is 148 cm³/mol. The molecule has 0 fully saturated rings. The van der Waals surface area contributed by atoms with Crippen molar-refractivity contribution < 1.29 is 14.2 Å². The van der Waals surface area contributed by atoms with Crippen LogP contribution in [0.15, 0.2) is 85.2 Å². The lowest BCUT2D eigenvalue weighted by Crippen LogP contribution is -2.00. The predicted octanol–water partition coefficient (Wildman–Crippen LogP) is 6.53. The molecule has 0 bridgehead atoms. The second-order valence-corrected chi connectivity index (χ2v) is 8.63. The molecule has 0 spiro atoms. The number of nitrogens with zero attached hydrogens (tertiary/aromatic N) is 3. The molecule has 0 unspecified atom stereocenters. The van der Waals surface area contributed by atoms with Gasteiger partial charge in [-0.25, -0.2) is 0 Å². The summed E-state index contributed by atoms with van der Waals surface area (Å²) in [5.41, 5.74) is 6.87. The van der Waals surface area contributed by atoms with Crippen molar-refractivity contribution in [1.29, 1.82) is 5.26 Å². The van der Waals surface area contributed by atoms with E-state index in [4.69, 9.17) is 14.2 Å². The summed E-state index contributed by atoms with van der Waals surface area (Å²) in [6, 6.07) is 26.3. The molecule has 2 aromatic heterocycles. The first-order valence-corrected chi connectivity index (χ1v) is 12.0. The van der Waals surface area contributed by atoms with E-state index in [1.807, 2.05) is 42.6 Å². The van der Waals surface area contributed by atoms with Crippen molar-refractivity contribution in [2.24, 2.45) is 0 Å². The highest BCUT2D eigenvalue weighted by Gasteiger charge is 2.16. The Kier molecular flexibility index (Phi) is 7.05. The number of ether oxygens (including phenoxy) is 3. The summed E-state index contributed by atoms with van der Waals surface area (Å²) in [6.07, 6.45) is 4.16. The van der Waals surface area contributed by atoms with E-state index in [2.05, 4.69) is 45.6 Å². The zero-order valence-corrected chi connectivity index (χ0v) is 21.4. The molecule has 2 heterocycles. The van der Waals surface area contributed by atoms with Crippen molar-refractivity contribution in [2.45, 2.75) is 6.42 Å². The van der Waals surface area contributed by atoms with Gasteiger partial charge in [-0.15, -0.1) is 0 Å². The molecular formula is C31H26N4O3. The molecule has 3 aromatic carbocycles. The van der Waals surface area contributed by atoms with Gasteiger partial charge in [0, 0.05) is 47.7 Å².